The van der Waals surface area contributed by atoms with Crippen molar-refractivity contribution in [2.24, 2.45) is 0 Å². The van der Waals surface area contributed by atoms with Crippen LogP contribution in [-0.4, -0.2) is 35.3 Å². The Hall–Kier alpha value is -1.81. The molecule has 1 saturated heterocycles. The summed E-state index contributed by atoms with van der Waals surface area (Å²) >= 11 is 0. The molecule has 1 aromatic heterocycles. The highest BCUT2D eigenvalue weighted by Crippen LogP contribution is 2.29. The Bertz CT molecular complexity index is 620. The van der Waals surface area contributed by atoms with Crippen LogP contribution in [0.3, 0.4) is 0 Å². The number of hydrogen-bond acceptors (Lipinski definition) is 4. The van der Waals surface area contributed by atoms with Gasteiger partial charge in [-0.15, -0.1) is 0 Å². The van der Waals surface area contributed by atoms with Crippen molar-refractivity contribution in [1.29, 1.82) is 0 Å². The van der Waals surface area contributed by atoms with Crippen molar-refractivity contribution < 1.29 is 5.11 Å². The first-order valence-electron chi connectivity index (χ1n) is 7.73. The van der Waals surface area contributed by atoms with Gasteiger partial charge in [0.15, 0.2) is 0 Å². The van der Waals surface area contributed by atoms with Crippen LogP contribution >= 0.6 is 0 Å². The number of nitrogens with zero attached hydrogens (tertiary/aromatic N) is 2. The molecule has 2 N–H and O–H groups in total. The zero-order valence-corrected chi connectivity index (χ0v) is 12.7. The van der Waals surface area contributed by atoms with Gasteiger partial charge < -0.3 is 15.3 Å². The lowest BCUT2D eigenvalue weighted by atomic mass is 10.1. The van der Waals surface area contributed by atoms with E-state index in [1.165, 1.54) is 12.8 Å². The molecule has 2 aromatic rings. The minimum absolute atomic E-state index is 0.291. The minimum atomic E-state index is 0.291. The monoisotopic (exact) mass is 285 g/mol. The Morgan fingerprint density at radius 2 is 2.24 bits per heavy atom. The van der Waals surface area contributed by atoms with Gasteiger partial charge in [0.1, 0.15) is 11.6 Å². The van der Waals surface area contributed by atoms with Crippen molar-refractivity contribution in [1.82, 2.24) is 10.3 Å². The van der Waals surface area contributed by atoms with Crippen LogP contribution in [0.4, 0.5) is 5.82 Å². The molecule has 0 bridgehead atoms. The van der Waals surface area contributed by atoms with Crippen molar-refractivity contribution in [2.45, 2.75) is 38.8 Å². The summed E-state index contributed by atoms with van der Waals surface area (Å²) in [4.78, 5) is 6.94. The van der Waals surface area contributed by atoms with Crippen molar-refractivity contribution in [3.8, 4) is 5.75 Å². The second-order valence-corrected chi connectivity index (χ2v) is 6.08. The van der Waals surface area contributed by atoms with Gasteiger partial charge in [0, 0.05) is 30.2 Å². The van der Waals surface area contributed by atoms with Gasteiger partial charge in [-0.2, -0.15) is 0 Å². The number of nitrogens with one attached hydrogen (secondary N) is 1. The number of phenolic OH excluding ortho intramolecular Hbond substituents is 1. The van der Waals surface area contributed by atoms with Crippen molar-refractivity contribution in [3.05, 3.63) is 30.5 Å². The highest BCUT2D eigenvalue weighted by molar-refractivity contribution is 5.93. The van der Waals surface area contributed by atoms with E-state index >= 15 is 0 Å². The highest BCUT2D eigenvalue weighted by Gasteiger charge is 2.22. The van der Waals surface area contributed by atoms with Crippen LogP contribution < -0.4 is 10.2 Å². The molecule has 0 radical (unpaired) electrons. The molecule has 0 saturated carbocycles. The maximum absolute atomic E-state index is 9.80. The molecule has 1 fully saturated rings. The van der Waals surface area contributed by atoms with Crippen LogP contribution in [0.25, 0.3) is 10.8 Å². The number of rotatable bonds is 4. The molecular formula is C17H23N3O. The van der Waals surface area contributed by atoms with Crippen LogP contribution in [0.5, 0.6) is 5.75 Å². The lowest BCUT2D eigenvalue weighted by Crippen LogP contribution is -2.41. The van der Waals surface area contributed by atoms with E-state index in [0.717, 1.165) is 29.7 Å². The first kappa shape index (κ1) is 14.1. The SMILES string of the molecule is CC(C)N(CC1CCCN1)c1nccc2ccc(O)cc12. The topological polar surface area (TPSA) is 48.4 Å². The molecule has 4 nitrogen and oxygen atoms in total. The average Bonchev–Trinajstić information content (AvgIpc) is 2.97. The summed E-state index contributed by atoms with van der Waals surface area (Å²) in [7, 11) is 0. The Kier molecular flexibility index (Phi) is 3.97. The van der Waals surface area contributed by atoms with E-state index in [1.807, 2.05) is 24.4 Å². The number of anilines is 1. The molecule has 0 aliphatic carbocycles. The molecular weight excluding hydrogens is 262 g/mol. The summed E-state index contributed by atoms with van der Waals surface area (Å²) in [6, 6.07) is 8.38. The Balaban J connectivity index is 2.00. The van der Waals surface area contributed by atoms with Gasteiger partial charge >= 0.3 is 0 Å². The maximum atomic E-state index is 9.80. The van der Waals surface area contributed by atoms with Crippen LogP contribution in [0, 0.1) is 0 Å². The summed E-state index contributed by atoms with van der Waals surface area (Å²) in [5, 5.41) is 15.5. The number of benzene rings is 1. The second-order valence-electron chi connectivity index (χ2n) is 6.08. The van der Waals surface area contributed by atoms with E-state index in [0.29, 0.717) is 17.8 Å². The van der Waals surface area contributed by atoms with Gasteiger partial charge in [-0.25, -0.2) is 4.98 Å². The predicted octanol–water partition coefficient (Wildman–Crippen LogP) is 2.91. The normalized spacial score (nSPS) is 18.5. The lowest BCUT2D eigenvalue weighted by Gasteiger charge is -2.31. The van der Waals surface area contributed by atoms with Gasteiger partial charge in [-0.3, -0.25) is 0 Å². The zero-order valence-electron chi connectivity index (χ0n) is 12.7. The van der Waals surface area contributed by atoms with Crippen LogP contribution in [0.1, 0.15) is 26.7 Å². The summed E-state index contributed by atoms with van der Waals surface area (Å²) in [5.41, 5.74) is 0. The minimum Gasteiger partial charge on any atom is -0.508 e. The highest BCUT2D eigenvalue weighted by atomic mass is 16.3. The molecule has 1 aliphatic heterocycles. The van der Waals surface area contributed by atoms with E-state index < -0.39 is 0 Å². The summed E-state index contributed by atoms with van der Waals surface area (Å²) < 4.78 is 0. The second kappa shape index (κ2) is 5.90. The fraction of sp³-hybridized carbons (Fsp3) is 0.471. The molecule has 2 heterocycles. The fourth-order valence-electron chi connectivity index (χ4n) is 3.06. The van der Waals surface area contributed by atoms with E-state index in [-0.39, 0.29) is 0 Å². The van der Waals surface area contributed by atoms with E-state index in [9.17, 15) is 5.11 Å². The van der Waals surface area contributed by atoms with Crippen LogP contribution in [-0.2, 0) is 0 Å². The van der Waals surface area contributed by atoms with Crippen LogP contribution in [0.15, 0.2) is 30.5 Å². The number of fused-ring (bicyclic) bond motifs is 1. The van der Waals surface area contributed by atoms with E-state index in [2.05, 4.69) is 29.0 Å². The third kappa shape index (κ3) is 2.95. The van der Waals surface area contributed by atoms with Gasteiger partial charge in [-0.05, 0) is 56.8 Å². The van der Waals surface area contributed by atoms with Gasteiger partial charge in [0.2, 0.25) is 0 Å². The number of aromatic nitrogens is 1. The zero-order chi connectivity index (χ0) is 14.8. The Morgan fingerprint density at radius 3 is 2.95 bits per heavy atom. The third-order valence-corrected chi connectivity index (χ3v) is 4.20. The molecule has 3 rings (SSSR count). The average molecular weight is 285 g/mol. The molecule has 1 aromatic carbocycles. The Labute approximate surface area is 125 Å². The summed E-state index contributed by atoms with van der Waals surface area (Å²) in [6.45, 7) is 6.45. The largest absolute Gasteiger partial charge is 0.508 e. The van der Waals surface area contributed by atoms with Gasteiger partial charge in [0.05, 0.1) is 0 Å². The van der Waals surface area contributed by atoms with Gasteiger partial charge in [-0.1, -0.05) is 6.07 Å². The van der Waals surface area contributed by atoms with Crippen molar-refractivity contribution in [2.75, 3.05) is 18.0 Å². The molecule has 1 aliphatic rings. The quantitative estimate of drug-likeness (QED) is 0.907. The van der Waals surface area contributed by atoms with Gasteiger partial charge in [0.25, 0.3) is 0 Å². The first-order chi connectivity index (χ1) is 10.1. The standard InChI is InChI=1S/C17H23N3O/c1-12(2)20(11-14-4-3-8-18-14)17-16-10-15(21)6-5-13(16)7-9-19-17/h5-7,9-10,12,14,18,21H,3-4,8,11H2,1-2H3. The van der Waals surface area contributed by atoms with Crippen molar-refractivity contribution >= 4 is 16.6 Å². The lowest BCUT2D eigenvalue weighted by molar-refractivity contribution is 0.476. The maximum Gasteiger partial charge on any atom is 0.136 e. The number of hydrogen-bond donors (Lipinski definition) is 2. The molecule has 0 spiro atoms. The molecule has 0 amide bonds. The number of phenols is 1. The van der Waals surface area contributed by atoms with E-state index in [4.69, 9.17) is 0 Å². The molecule has 1 unspecified atom stereocenters. The van der Waals surface area contributed by atoms with Crippen LogP contribution in [0.2, 0.25) is 0 Å². The molecule has 1 atom stereocenters. The third-order valence-electron chi connectivity index (χ3n) is 4.20. The first-order valence-corrected chi connectivity index (χ1v) is 7.73. The molecule has 4 heteroatoms. The molecule has 21 heavy (non-hydrogen) atoms. The number of pyridine rings is 1. The van der Waals surface area contributed by atoms with E-state index in [1.54, 1.807) is 6.07 Å². The Morgan fingerprint density at radius 1 is 1.38 bits per heavy atom. The smallest absolute Gasteiger partial charge is 0.136 e. The fourth-order valence-corrected chi connectivity index (χ4v) is 3.06. The van der Waals surface area contributed by atoms with Crippen molar-refractivity contribution in [3.63, 3.8) is 0 Å². The number of aromatic hydroxyl groups is 1. The summed E-state index contributed by atoms with van der Waals surface area (Å²) in [6.07, 6.45) is 4.33. The summed E-state index contributed by atoms with van der Waals surface area (Å²) in [5.74, 6) is 1.26. The molecule has 112 valence electrons. The predicted molar refractivity (Wildman–Crippen MR) is 86.9 cm³/mol.